The molecule has 0 unspecified atom stereocenters. The molecule has 0 aliphatic rings. The first-order valence-corrected chi connectivity index (χ1v) is 8.32. The van der Waals surface area contributed by atoms with Crippen molar-refractivity contribution in [3.05, 3.63) is 64.9 Å². The first-order valence-electron chi connectivity index (χ1n) is 7.56. The van der Waals surface area contributed by atoms with Gasteiger partial charge < -0.3 is 10.6 Å². The molecule has 0 radical (unpaired) electrons. The van der Waals surface area contributed by atoms with Crippen LogP contribution in [0.4, 0.5) is 10.5 Å². The molecule has 2 amide bonds. The largest absolute Gasteiger partial charge is 0.336 e. The summed E-state index contributed by atoms with van der Waals surface area (Å²) < 4.78 is 1.75. The van der Waals surface area contributed by atoms with Gasteiger partial charge in [0.1, 0.15) is 5.69 Å². The summed E-state index contributed by atoms with van der Waals surface area (Å²) >= 11 is 11.8. The van der Waals surface area contributed by atoms with Gasteiger partial charge in [0.15, 0.2) is 0 Å². The van der Waals surface area contributed by atoms with Crippen molar-refractivity contribution >= 4 is 34.9 Å². The van der Waals surface area contributed by atoms with E-state index in [4.69, 9.17) is 23.2 Å². The molecule has 25 heavy (non-hydrogen) atoms. The van der Waals surface area contributed by atoms with Crippen LogP contribution in [0.1, 0.15) is 0 Å². The predicted octanol–water partition coefficient (Wildman–Crippen LogP) is 4.07. The van der Waals surface area contributed by atoms with Gasteiger partial charge in [-0.05, 0) is 36.4 Å². The molecule has 0 atom stereocenters. The SMILES string of the molecule is O=C(NCCn1ccc(-c2ccccn2)n1)Nc1ccc(Cl)c(Cl)c1. The summed E-state index contributed by atoms with van der Waals surface area (Å²) in [5.41, 5.74) is 2.18. The number of amides is 2. The quantitative estimate of drug-likeness (QED) is 0.705. The maximum absolute atomic E-state index is 11.9. The molecule has 2 aromatic heterocycles. The molecular formula is C17H15Cl2N5O. The van der Waals surface area contributed by atoms with Gasteiger partial charge in [-0.3, -0.25) is 9.67 Å². The molecule has 8 heteroatoms. The van der Waals surface area contributed by atoms with Crippen molar-refractivity contribution in [2.45, 2.75) is 6.54 Å². The van der Waals surface area contributed by atoms with E-state index < -0.39 is 0 Å². The third kappa shape index (κ3) is 4.71. The van der Waals surface area contributed by atoms with Crippen molar-refractivity contribution in [1.82, 2.24) is 20.1 Å². The minimum Gasteiger partial charge on any atom is -0.336 e. The lowest BCUT2D eigenvalue weighted by Crippen LogP contribution is -2.31. The second-order valence-corrected chi connectivity index (χ2v) is 6.00. The average Bonchev–Trinajstić information content (AvgIpc) is 3.08. The standard InChI is InChI=1S/C17H15Cl2N5O/c18-13-5-4-12(11-14(13)19)22-17(25)21-8-10-24-9-6-16(23-24)15-3-1-2-7-20-15/h1-7,9,11H,8,10H2,(H2,21,22,25). The van der Waals surface area contributed by atoms with Crippen LogP contribution in [0.25, 0.3) is 11.4 Å². The van der Waals surface area contributed by atoms with E-state index in [1.165, 1.54) is 0 Å². The summed E-state index contributed by atoms with van der Waals surface area (Å²) in [5.74, 6) is 0. The molecule has 0 aliphatic heterocycles. The topological polar surface area (TPSA) is 71.8 Å². The van der Waals surface area contributed by atoms with Crippen LogP contribution in [0, 0.1) is 0 Å². The van der Waals surface area contributed by atoms with Crippen LogP contribution in [0.5, 0.6) is 0 Å². The van der Waals surface area contributed by atoms with Crippen molar-refractivity contribution in [2.75, 3.05) is 11.9 Å². The van der Waals surface area contributed by atoms with E-state index in [0.717, 1.165) is 11.4 Å². The molecule has 0 saturated carbocycles. The van der Waals surface area contributed by atoms with Crippen LogP contribution in [0.2, 0.25) is 10.0 Å². The molecule has 2 N–H and O–H groups in total. The molecule has 0 spiro atoms. The second kappa shape index (κ2) is 8.00. The molecule has 0 bridgehead atoms. The highest BCUT2D eigenvalue weighted by molar-refractivity contribution is 6.42. The first kappa shape index (κ1) is 17.3. The number of hydrogen-bond acceptors (Lipinski definition) is 3. The molecule has 0 saturated heterocycles. The molecule has 3 rings (SSSR count). The van der Waals surface area contributed by atoms with Gasteiger partial charge in [-0.2, -0.15) is 5.10 Å². The average molecular weight is 376 g/mol. The van der Waals surface area contributed by atoms with Crippen LogP contribution >= 0.6 is 23.2 Å². The highest BCUT2D eigenvalue weighted by Crippen LogP contribution is 2.24. The Morgan fingerprint density at radius 2 is 1.96 bits per heavy atom. The van der Waals surface area contributed by atoms with E-state index in [-0.39, 0.29) is 6.03 Å². The maximum atomic E-state index is 11.9. The number of hydrogen-bond donors (Lipinski definition) is 2. The van der Waals surface area contributed by atoms with E-state index in [1.54, 1.807) is 29.1 Å². The zero-order valence-corrected chi connectivity index (χ0v) is 14.6. The minimum absolute atomic E-state index is 0.324. The van der Waals surface area contributed by atoms with E-state index in [9.17, 15) is 4.79 Å². The van der Waals surface area contributed by atoms with Gasteiger partial charge in [-0.1, -0.05) is 29.3 Å². The van der Waals surface area contributed by atoms with Crippen LogP contribution in [-0.2, 0) is 6.54 Å². The fraction of sp³-hybridized carbons (Fsp3) is 0.118. The third-order valence-electron chi connectivity index (χ3n) is 3.37. The van der Waals surface area contributed by atoms with Crippen molar-refractivity contribution in [3.63, 3.8) is 0 Å². The number of carbonyl (C=O) groups excluding carboxylic acids is 1. The summed E-state index contributed by atoms with van der Waals surface area (Å²) in [4.78, 5) is 16.1. The maximum Gasteiger partial charge on any atom is 0.319 e. The second-order valence-electron chi connectivity index (χ2n) is 5.19. The van der Waals surface area contributed by atoms with Crippen LogP contribution < -0.4 is 10.6 Å². The van der Waals surface area contributed by atoms with E-state index in [2.05, 4.69) is 20.7 Å². The van der Waals surface area contributed by atoms with Gasteiger partial charge in [0.05, 0.1) is 22.3 Å². The fourth-order valence-electron chi connectivity index (χ4n) is 2.17. The van der Waals surface area contributed by atoms with Gasteiger partial charge in [-0.25, -0.2) is 4.79 Å². The number of pyridine rings is 1. The Kier molecular flexibility index (Phi) is 5.53. The summed E-state index contributed by atoms with van der Waals surface area (Å²) in [7, 11) is 0. The lowest BCUT2D eigenvalue weighted by Gasteiger charge is -2.08. The van der Waals surface area contributed by atoms with Crippen molar-refractivity contribution in [2.24, 2.45) is 0 Å². The van der Waals surface area contributed by atoms with Gasteiger partial charge in [0, 0.05) is 24.6 Å². The highest BCUT2D eigenvalue weighted by Gasteiger charge is 2.05. The molecule has 3 aromatic rings. The number of nitrogens with one attached hydrogen (secondary N) is 2. The van der Waals surface area contributed by atoms with E-state index in [0.29, 0.717) is 28.8 Å². The summed E-state index contributed by atoms with van der Waals surface area (Å²) in [6.07, 6.45) is 3.58. The summed E-state index contributed by atoms with van der Waals surface area (Å²) in [5, 5.41) is 10.7. The van der Waals surface area contributed by atoms with Crippen LogP contribution in [0.15, 0.2) is 54.9 Å². The molecule has 0 aliphatic carbocycles. The number of nitrogens with zero attached hydrogens (tertiary/aromatic N) is 3. The number of carbonyl (C=O) groups is 1. The monoisotopic (exact) mass is 375 g/mol. The summed E-state index contributed by atoms with van der Waals surface area (Å²) in [6, 6.07) is 12.1. The molecular weight excluding hydrogens is 361 g/mol. The van der Waals surface area contributed by atoms with Gasteiger partial charge in [-0.15, -0.1) is 0 Å². The zero-order valence-electron chi connectivity index (χ0n) is 13.1. The fourth-order valence-corrected chi connectivity index (χ4v) is 2.47. The van der Waals surface area contributed by atoms with Gasteiger partial charge in [0.25, 0.3) is 0 Å². The number of anilines is 1. The highest BCUT2D eigenvalue weighted by atomic mass is 35.5. The molecule has 6 nitrogen and oxygen atoms in total. The lowest BCUT2D eigenvalue weighted by atomic mass is 10.3. The van der Waals surface area contributed by atoms with Crippen molar-refractivity contribution in [1.29, 1.82) is 0 Å². The molecule has 128 valence electrons. The molecule has 1 aromatic carbocycles. The predicted molar refractivity (Wildman–Crippen MR) is 98.9 cm³/mol. The Labute approximate surface area is 154 Å². The normalized spacial score (nSPS) is 10.5. The van der Waals surface area contributed by atoms with Crippen LogP contribution in [-0.4, -0.2) is 27.3 Å². The number of benzene rings is 1. The van der Waals surface area contributed by atoms with Crippen LogP contribution in [0.3, 0.4) is 0 Å². The smallest absolute Gasteiger partial charge is 0.319 e. The van der Waals surface area contributed by atoms with E-state index >= 15 is 0 Å². The number of rotatable bonds is 5. The van der Waals surface area contributed by atoms with Crippen molar-refractivity contribution in [3.8, 4) is 11.4 Å². The first-order chi connectivity index (χ1) is 12.1. The number of urea groups is 1. The Hall–Kier alpha value is -2.57. The Bertz CT molecular complexity index is 866. The minimum atomic E-state index is -0.324. The third-order valence-corrected chi connectivity index (χ3v) is 4.11. The van der Waals surface area contributed by atoms with Gasteiger partial charge in [0.2, 0.25) is 0 Å². The Morgan fingerprint density at radius 1 is 1.08 bits per heavy atom. The lowest BCUT2D eigenvalue weighted by molar-refractivity contribution is 0.251. The number of halogens is 2. The van der Waals surface area contributed by atoms with E-state index in [1.807, 2.05) is 30.5 Å². The molecule has 2 heterocycles. The Balaban J connectivity index is 1.48. The number of aromatic nitrogens is 3. The zero-order chi connectivity index (χ0) is 17.6. The summed E-state index contributed by atoms with van der Waals surface area (Å²) in [6.45, 7) is 0.970. The van der Waals surface area contributed by atoms with Crippen molar-refractivity contribution < 1.29 is 4.79 Å². The molecule has 0 fully saturated rings. The van der Waals surface area contributed by atoms with Gasteiger partial charge >= 0.3 is 6.03 Å². The Morgan fingerprint density at radius 3 is 2.72 bits per heavy atom.